The summed E-state index contributed by atoms with van der Waals surface area (Å²) in [6.07, 6.45) is 4.18. The maximum absolute atomic E-state index is 13.2. The molecule has 5 rings (SSSR count). The molecule has 2 amide bonds. The molecule has 1 aromatic carbocycles. The monoisotopic (exact) mass is 489 g/mol. The maximum Gasteiger partial charge on any atom is 0.336 e. The van der Waals surface area contributed by atoms with E-state index in [0.717, 1.165) is 40.6 Å². The Bertz CT molecular complexity index is 1370. The van der Waals surface area contributed by atoms with Crippen LogP contribution in [0.5, 0.6) is 0 Å². The smallest absolute Gasteiger partial charge is 0.336 e. The molecule has 1 N–H and O–H groups in total. The fraction of sp³-hybridized carbons (Fsp3) is 0.429. The van der Waals surface area contributed by atoms with Crippen LogP contribution in [0.3, 0.4) is 0 Å². The Kier molecular flexibility index (Phi) is 6.87. The van der Waals surface area contributed by atoms with Gasteiger partial charge in [-0.05, 0) is 67.0 Å². The number of benzene rings is 1. The first-order chi connectivity index (χ1) is 17.4. The zero-order valence-electron chi connectivity index (χ0n) is 20.8. The van der Waals surface area contributed by atoms with Gasteiger partial charge in [-0.1, -0.05) is 12.1 Å². The van der Waals surface area contributed by atoms with Crippen LogP contribution in [-0.4, -0.2) is 41.5 Å². The third kappa shape index (κ3) is 5.04. The Morgan fingerprint density at radius 3 is 2.78 bits per heavy atom. The number of carbonyl (C=O) groups is 2. The number of amides is 2. The number of aryl methyl sites for hydroxylation is 2. The Morgan fingerprint density at radius 1 is 1.17 bits per heavy atom. The van der Waals surface area contributed by atoms with Crippen LogP contribution in [0.1, 0.15) is 46.4 Å². The van der Waals surface area contributed by atoms with Gasteiger partial charge in [0.25, 0.3) is 0 Å². The lowest BCUT2D eigenvalue weighted by Gasteiger charge is -2.31. The van der Waals surface area contributed by atoms with Crippen LogP contribution in [-0.2, 0) is 40.3 Å². The van der Waals surface area contributed by atoms with Crippen LogP contribution in [0.2, 0.25) is 0 Å². The van der Waals surface area contributed by atoms with Gasteiger partial charge in [-0.15, -0.1) is 0 Å². The van der Waals surface area contributed by atoms with Crippen LogP contribution in [0.4, 0.5) is 0 Å². The second-order valence-electron chi connectivity index (χ2n) is 9.76. The largest absolute Gasteiger partial charge is 0.423 e. The summed E-state index contributed by atoms with van der Waals surface area (Å²) in [4.78, 5) is 44.3. The van der Waals surface area contributed by atoms with Crippen LogP contribution in [0, 0.1) is 19.8 Å². The number of aromatic nitrogens is 1. The van der Waals surface area contributed by atoms with Crippen LogP contribution >= 0.6 is 0 Å². The summed E-state index contributed by atoms with van der Waals surface area (Å²) in [5.74, 6) is 0.0285. The number of carbonyl (C=O) groups excluding carboxylic acids is 2. The van der Waals surface area contributed by atoms with E-state index >= 15 is 0 Å². The SMILES string of the molecule is Cc1ccc2c(CC(=O)N3CCc4c(cnc(C)c4CNC(=O)C4CCOCC4)C3)cc(=O)oc2c1. The summed E-state index contributed by atoms with van der Waals surface area (Å²) in [5, 5.41) is 3.88. The molecule has 0 bridgehead atoms. The minimum Gasteiger partial charge on any atom is -0.423 e. The van der Waals surface area contributed by atoms with E-state index in [1.165, 1.54) is 11.6 Å². The lowest BCUT2D eigenvalue weighted by Crippen LogP contribution is -2.38. The molecule has 0 atom stereocenters. The molecule has 1 saturated heterocycles. The number of pyridine rings is 1. The van der Waals surface area contributed by atoms with Gasteiger partial charge < -0.3 is 19.4 Å². The molecule has 4 heterocycles. The minimum absolute atomic E-state index is 0.0000796. The van der Waals surface area contributed by atoms with Crippen LogP contribution in [0.15, 0.2) is 39.7 Å². The zero-order chi connectivity index (χ0) is 25.2. The standard InChI is InChI=1S/C28H31N3O5/c1-17-3-4-23-20(13-27(33)36-25(23)11-17)12-26(32)31-8-5-22-21(16-31)14-29-18(2)24(22)15-30-28(34)19-6-9-35-10-7-19/h3-4,11,13-14,19H,5-10,12,15-16H2,1-2H3,(H,30,34). The summed E-state index contributed by atoms with van der Waals surface area (Å²) in [5.41, 5.74) is 5.83. The predicted octanol–water partition coefficient (Wildman–Crippen LogP) is 2.98. The predicted molar refractivity (Wildman–Crippen MR) is 134 cm³/mol. The number of rotatable bonds is 5. The van der Waals surface area contributed by atoms with E-state index < -0.39 is 5.63 Å². The van der Waals surface area contributed by atoms with E-state index in [4.69, 9.17) is 9.15 Å². The topological polar surface area (TPSA) is 102 Å². The molecule has 2 aliphatic heterocycles. The number of nitrogens with zero attached hydrogens (tertiary/aromatic N) is 2. The van der Waals surface area contributed by atoms with Gasteiger partial charge >= 0.3 is 5.63 Å². The van der Waals surface area contributed by atoms with Crippen LogP contribution < -0.4 is 10.9 Å². The Balaban J connectivity index is 1.30. The van der Waals surface area contributed by atoms with E-state index in [0.29, 0.717) is 50.4 Å². The van der Waals surface area contributed by atoms with Crippen molar-refractivity contribution in [3.8, 4) is 0 Å². The molecule has 36 heavy (non-hydrogen) atoms. The number of hydrogen-bond acceptors (Lipinski definition) is 6. The molecule has 188 valence electrons. The zero-order valence-corrected chi connectivity index (χ0v) is 20.8. The first kappa shape index (κ1) is 24.2. The highest BCUT2D eigenvalue weighted by Gasteiger charge is 2.26. The van der Waals surface area contributed by atoms with E-state index in [-0.39, 0.29) is 24.2 Å². The van der Waals surface area contributed by atoms with E-state index in [1.807, 2.05) is 43.1 Å². The molecule has 0 unspecified atom stereocenters. The highest BCUT2D eigenvalue weighted by atomic mass is 16.5. The normalized spacial score (nSPS) is 16.1. The van der Waals surface area contributed by atoms with Crippen molar-refractivity contribution < 1.29 is 18.7 Å². The number of nitrogens with one attached hydrogen (secondary N) is 1. The van der Waals surface area contributed by atoms with Crippen molar-refractivity contribution in [2.75, 3.05) is 19.8 Å². The van der Waals surface area contributed by atoms with Gasteiger partial charge in [0, 0.05) is 62.1 Å². The highest BCUT2D eigenvalue weighted by molar-refractivity contribution is 5.87. The minimum atomic E-state index is -0.452. The maximum atomic E-state index is 13.2. The van der Waals surface area contributed by atoms with Gasteiger partial charge in [-0.2, -0.15) is 0 Å². The average molecular weight is 490 g/mol. The van der Waals surface area contributed by atoms with Gasteiger partial charge in [0.2, 0.25) is 11.8 Å². The molecule has 0 saturated carbocycles. The number of ether oxygens (including phenoxy) is 1. The third-order valence-corrected chi connectivity index (χ3v) is 7.31. The molecule has 0 radical (unpaired) electrons. The summed E-state index contributed by atoms with van der Waals surface area (Å²) < 4.78 is 10.7. The Hall–Kier alpha value is -3.52. The van der Waals surface area contributed by atoms with Gasteiger partial charge in [0.05, 0.1) is 6.42 Å². The molecule has 2 aliphatic rings. The Morgan fingerprint density at radius 2 is 1.97 bits per heavy atom. The summed E-state index contributed by atoms with van der Waals surface area (Å²) in [6, 6.07) is 7.08. The third-order valence-electron chi connectivity index (χ3n) is 7.31. The number of fused-ring (bicyclic) bond motifs is 2. The van der Waals surface area contributed by atoms with E-state index in [9.17, 15) is 14.4 Å². The first-order valence-corrected chi connectivity index (χ1v) is 12.5. The molecule has 8 heteroatoms. The van der Waals surface area contributed by atoms with Crippen molar-refractivity contribution in [1.82, 2.24) is 15.2 Å². The van der Waals surface area contributed by atoms with E-state index in [1.54, 1.807) is 0 Å². The highest BCUT2D eigenvalue weighted by Crippen LogP contribution is 2.26. The summed E-state index contributed by atoms with van der Waals surface area (Å²) in [7, 11) is 0. The second-order valence-corrected chi connectivity index (χ2v) is 9.76. The van der Waals surface area contributed by atoms with Crippen molar-refractivity contribution in [3.63, 3.8) is 0 Å². The van der Waals surface area contributed by atoms with Crippen LogP contribution in [0.25, 0.3) is 11.0 Å². The number of hydrogen-bond donors (Lipinski definition) is 1. The van der Waals surface area contributed by atoms with Gasteiger partial charge in [0.1, 0.15) is 5.58 Å². The molecule has 0 aliphatic carbocycles. The van der Waals surface area contributed by atoms with Gasteiger partial charge in [-0.3, -0.25) is 14.6 Å². The summed E-state index contributed by atoms with van der Waals surface area (Å²) in [6.45, 7) is 6.64. The molecule has 1 fully saturated rings. The summed E-state index contributed by atoms with van der Waals surface area (Å²) >= 11 is 0. The van der Waals surface area contributed by atoms with E-state index in [2.05, 4.69) is 10.3 Å². The lowest BCUT2D eigenvalue weighted by molar-refractivity contribution is -0.131. The van der Waals surface area contributed by atoms with Crippen molar-refractivity contribution in [1.29, 1.82) is 0 Å². The van der Waals surface area contributed by atoms with Crippen molar-refractivity contribution in [2.45, 2.75) is 52.6 Å². The second kappa shape index (κ2) is 10.2. The quantitative estimate of drug-likeness (QED) is 0.553. The first-order valence-electron chi connectivity index (χ1n) is 12.5. The molecular formula is C28H31N3O5. The fourth-order valence-corrected chi connectivity index (χ4v) is 5.21. The van der Waals surface area contributed by atoms with Crippen molar-refractivity contribution in [2.24, 2.45) is 5.92 Å². The molecule has 8 nitrogen and oxygen atoms in total. The lowest BCUT2D eigenvalue weighted by atomic mass is 9.94. The van der Waals surface area contributed by atoms with Crippen molar-refractivity contribution >= 4 is 22.8 Å². The average Bonchev–Trinajstić information content (AvgIpc) is 2.87. The van der Waals surface area contributed by atoms with Crippen molar-refractivity contribution in [3.05, 3.63) is 74.4 Å². The Labute approximate surface area is 209 Å². The molecule has 2 aromatic heterocycles. The molecular weight excluding hydrogens is 458 g/mol. The molecule has 3 aromatic rings. The fourth-order valence-electron chi connectivity index (χ4n) is 5.21. The van der Waals surface area contributed by atoms with Gasteiger partial charge in [0.15, 0.2) is 0 Å². The molecule has 0 spiro atoms. The van der Waals surface area contributed by atoms with Gasteiger partial charge in [-0.25, -0.2) is 4.79 Å².